The lowest BCUT2D eigenvalue weighted by atomic mass is 10.1. The van der Waals surface area contributed by atoms with E-state index in [2.05, 4.69) is 20.4 Å². The molecule has 2 aromatic carbocycles. The van der Waals surface area contributed by atoms with Gasteiger partial charge >= 0.3 is 0 Å². The van der Waals surface area contributed by atoms with Crippen LogP contribution in [0.25, 0.3) is 22.2 Å². The van der Waals surface area contributed by atoms with Gasteiger partial charge in [0, 0.05) is 23.3 Å². The van der Waals surface area contributed by atoms with Crippen LogP contribution in [0.3, 0.4) is 0 Å². The molecule has 8 heteroatoms. The molecule has 164 valence electrons. The first-order valence-electron chi connectivity index (χ1n) is 10.4. The van der Waals surface area contributed by atoms with Crippen molar-refractivity contribution in [2.24, 2.45) is 0 Å². The lowest BCUT2D eigenvalue weighted by molar-refractivity contribution is 0.102. The van der Waals surface area contributed by atoms with Gasteiger partial charge in [-0.3, -0.25) is 14.3 Å². The lowest BCUT2D eigenvalue weighted by Crippen LogP contribution is -2.16. The molecule has 1 amide bonds. The van der Waals surface area contributed by atoms with Crippen LogP contribution in [-0.2, 0) is 6.54 Å². The third kappa shape index (κ3) is 4.27. The van der Waals surface area contributed by atoms with Crippen LogP contribution in [0.2, 0.25) is 0 Å². The molecule has 0 spiro atoms. The van der Waals surface area contributed by atoms with Gasteiger partial charge < -0.3 is 20.0 Å². The predicted octanol–water partition coefficient (Wildman–Crippen LogP) is 4.03. The molecule has 33 heavy (non-hydrogen) atoms. The third-order valence-corrected chi connectivity index (χ3v) is 5.38. The molecule has 0 bridgehead atoms. The Labute approximate surface area is 188 Å². The number of hydrogen-bond donors (Lipinski definition) is 3. The summed E-state index contributed by atoms with van der Waals surface area (Å²) in [5.74, 6) is 0.451. The minimum Gasteiger partial charge on any atom is -0.497 e. The largest absolute Gasteiger partial charge is 0.497 e. The molecule has 0 aliphatic heterocycles. The van der Waals surface area contributed by atoms with Gasteiger partial charge in [-0.05, 0) is 35.9 Å². The molecule has 5 rings (SSSR count). The van der Waals surface area contributed by atoms with Gasteiger partial charge in [0.05, 0.1) is 42.4 Å². The number of pyridine rings is 1. The molecule has 0 atom stereocenters. The standard InChI is InChI=1S/C25H21N5O3/c1-33-20-8-6-16(7-9-20)14-30-15-19(13-27-30)28-24(31)18-10-21(25(32)26-12-18)23-11-17-4-2-3-5-22(17)29-23/h2-13,15,29H,14H2,1H3,(H,26,32)(H,28,31). The van der Waals surface area contributed by atoms with E-state index in [1.807, 2.05) is 54.6 Å². The zero-order valence-electron chi connectivity index (χ0n) is 17.8. The maximum Gasteiger partial charge on any atom is 0.257 e. The Bertz CT molecular complexity index is 1460. The summed E-state index contributed by atoms with van der Waals surface area (Å²) in [5, 5.41) is 8.14. The number of carbonyl (C=O) groups is 1. The van der Waals surface area contributed by atoms with E-state index in [1.165, 1.54) is 6.20 Å². The van der Waals surface area contributed by atoms with Gasteiger partial charge in [0.1, 0.15) is 5.75 Å². The summed E-state index contributed by atoms with van der Waals surface area (Å²) in [6.07, 6.45) is 4.75. The molecule has 3 heterocycles. The van der Waals surface area contributed by atoms with E-state index < -0.39 is 0 Å². The first-order valence-corrected chi connectivity index (χ1v) is 10.4. The van der Waals surface area contributed by atoms with Gasteiger partial charge in [0.25, 0.3) is 11.5 Å². The monoisotopic (exact) mass is 439 g/mol. The number of amides is 1. The summed E-state index contributed by atoms with van der Waals surface area (Å²) in [6, 6.07) is 18.9. The molecular formula is C25H21N5O3. The highest BCUT2D eigenvalue weighted by molar-refractivity contribution is 6.04. The Hall–Kier alpha value is -4.59. The van der Waals surface area contributed by atoms with E-state index in [1.54, 1.807) is 30.3 Å². The van der Waals surface area contributed by atoms with E-state index in [4.69, 9.17) is 4.74 Å². The average Bonchev–Trinajstić information content (AvgIpc) is 3.46. The Morgan fingerprint density at radius 1 is 1.12 bits per heavy atom. The smallest absolute Gasteiger partial charge is 0.257 e. The summed E-state index contributed by atoms with van der Waals surface area (Å²) in [7, 11) is 1.63. The van der Waals surface area contributed by atoms with Crippen LogP contribution in [0, 0.1) is 0 Å². The van der Waals surface area contributed by atoms with Crippen LogP contribution < -0.4 is 15.6 Å². The van der Waals surface area contributed by atoms with Crippen molar-refractivity contribution < 1.29 is 9.53 Å². The predicted molar refractivity (Wildman–Crippen MR) is 127 cm³/mol. The van der Waals surface area contributed by atoms with Crippen LogP contribution in [0.15, 0.2) is 84.0 Å². The fourth-order valence-corrected chi connectivity index (χ4v) is 3.67. The van der Waals surface area contributed by atoms with Crippen molar-refractivity contribution in [3.63, 3.8) is 0 Å². The topological polar surface area (TPSA) is 105 Å². The van der Waals surface area contributed by atoms with Crippen LogP contribution in [0.4, 0.5) is 5.69 Å². The van der Waals surface area contributed by atoms with Gasteiger partial charge in [-0.25, -0.2) is 0 Å². The maximum atomic E-state index is 12.8. The number of ether oxygens (including phenoxy) is 1. The minimum absolute atomic E-state index is 0.273. The number of fused-ring (bicyclic) bond motifs is 1. The first kappa shape index (κ1) is 20.3. The summed E-state index contributed by atoms with van der Waals surface area (Å²) < 4.78 is 6.91. The molecule has 0 aliphatic carbocycles. The zero-order chi connectivity index (χ0) is 22.8. The van der Waals surface area contributed by atoms with Crippen molar-refractivity contribution in [2.75, 3.05) is 12.4 Å². The second-order valence-electron chi connectivity index (χ2n) is 7.63. The summed E-state index contributed by atoms with van der Waals surface area (Å²) in [5.41, 5.74) is 3.66. The van der Waals surface area contributed by atoms with Crippen LogP contribution in [-0.4, -0.2) is 32.8 Å². The third-order valence-electron chi connectivity index (χ3n) is 5.38. The molecule has 0 fully saturated rings. The molecule has 0 saturated heterocycles. The van der Waals surface area contributed by atoms with Gasteiger partial charge in [0.2, 0.25) is 0 Å². The van der Waals surface area contributed by atoms with Crippen molar-refractivity contribution in [3.05, 3.63) is 101 Å². The number of para-hydroxylation sites is 1. The highest BCUT2D eigenvalue weighted by atomic mass is 16.5. The number of hydrogen-bond acceptors (Lipinski definition) is 4. The number of anilines is 1. The van der Waals surface area contributed by atoms with Crippen LogP contribution in [0.5, 0.6) is 5.75 Å². The summed E-state index contributed by atoms with van der Waals surface area (Å²) in [6.45, 7) is 0.559. The number of nitrogens with zero attached hydrogens (tertiary/aromatic N) is 2. The number of methoxy groups -OCH3 is 1. The second-order valence-corrected chi connectivity index (χ2v) is 7.63. The Kier molecular flexibility index (Phi) is 5.24. The number of rotatable bonds is 6. The normalized spacial score (nSPS) is 10.9. The van der Waals surface area contributed by atoms with Crippen LogP contribution in [0.1, 0.15) is 15.9 Å². The number of aromatic amines is 2. The SMILES string of the molecule is COc1ccc(Cn2cc(NC(=O)c3c[nH]c(=O)c(-c4cc5ccccc5[nH]4)c3)cn2)cc1. The maximum absolute atomic E-state index is 12.8. The molecule has 3 aromatic heterocycles. The first-order chi connectivity index (χ1) is 16.1. The average molecular weight is 439 g/mol. The number of carbonyl (C=O) groups excluding carboxylic acids is 1. The van der Waals surface area contributed by atoms with Crippen molar-refractivity contribution in [3.8, 4) is 17.0 Å². The molecule has 8 nitrogen and oxygen atoms in total. The molecule has 0 aliphatic rings. The number of nitrogens with one attached hydrogen (secondary N) is 3. The summed E-state index contributed by atoms with van der Waals surface area (Å²) in [4.78, 5) is 31.1. The second kappa shape index (κ2) is 8.51. The molecule has 3 N–H and O–H groups in total. The fraction of sp³-hybridized carbons (Fsp3) is 0.0800. The Balaban J connectivity index is 1.33. The Morgan fingerprint density at radius 2 is 1.94 bits per heavy atom. The highest BCUT2D eigenvalue weighted by Crippen LogP contribution is 2.22. The molecule has 0 saturated carbocycles. The number of aromatic nitrogens is 4. The lowest BCUT2D eigenvalue weighted by Gasteiger charge is -2.05. The van der Waals surface area contributed by atoms with E-state index >= 15 is 0 Å². The molecule has 5 aromatic rings. The van der Waals surface area contributed by atoms with E-state index in [0.29, 0.717) is 29.1 Å². The number of H-pyrrole nitrogens is 2. The van der Waals surface area contributed by atoms with Gasteiger partial charge in [0.15, 0.2) is 0 Å². The molecule has 0 radical (unpaired) electrons. The van der Waals surface area contributed by atoms with Gasteiger partial charge in [-0.1, -0.05) is 30.3 Å². The molecule has 0 unspecified atom stereocenters. The van der Waals surface area contributed by atoms with E-state index in [-0.39, 0.29) is 11.5 Å². The van der Waals surface area contributed by atoms with Crippen molar-refractivity contribution in [1.82, 2.24) is 19.7 Å². The minimum atomic E-state index is -0.340. The molecular weight excluding hydrogens is 418 g/mol. The highest BCUT2D eigenvalue weighted by Gasteiger charge is 2.13. The quantitative estimate of drug-likeness (QED) is 0.371. The van der Waals surface area contributed by atoms with E-state index in [0.717, 1.165) is 22.2 Å². The van der Waals surface area contributed by atoms with Crippen molar-refractivity contribution in [2.45, 2.75) is 6.54 Å². The van der Waals surface area contributed by atoms with Gasteiger partial charge in [-0.2, -0.15) is 5.10 Å². The van der Waals surface area contributed by atoms with Crippen molar-refractivity contribution >= 4 is 22.5 Å². The van der Waals surface area contributed by atoms with Crippen LogP contribution >= 0.6 is 0 Å². The van der Waals surface area contributed by atoms with E-state index in [9.17, 15) is 9.59 Å². The fourth-order valence-electron chi connectivity index (χ4n) is 3.67. The van der Waals surface area contributed by atoms with Crippen molar-refractivity contribution in [1.29, 1.82) is 0 Å². The van der Waals surface area contributed by atoms with Gasteiger partial charge in [-0.15, -0.1) is 0 Å². The Morgan fingerprint density at radius 3 is 2.73 bits per heavy atom. The summed E-state index contributed by atoms with van der Waals surface area (Å²) >= 11 is 0. The zero-order valence-corrected chi connectivity index (χ0v) is 17.8. The number of benzene rings is 2.